The normalized spacial score (nSPS) is 10.1. The Kier molecular flexibility index (Phi) is 4.64. The van der Waals surface area contributed by atoms with E-state index in [-0.39, 0.29) is 5.46 Å². The molecule has 0 radical (unpaired) electrons. The van der Waals surface area contributed by atoms with E-state index in [4.69, 9.17) is 9.47 Å². The molecular formula is C11H17BO4. The summed E-state index contributed by atoms with van der Waals surface area (Å²) in [5.74, 6) is 0.885. The van der Waals surface area contributed by atoms with Gasteiger partial charge in [-0.25, -0.2) is 0 Å². The van der Waals surface area contributed by atoms with Crippen LogP contribution in [0.15, 0.2) is 12.1 Å². The fourth-order valence-electron chi connectivity index (χ4n) is 1.68. The van der Waals surface area contributed by atoms with Crippen molar-refractivity contribution < 1.29 is 19.5 Å². The molecule has 0 aliphatic heterocycles. The third-order valence-electron chi connectivity index (χ3n) is 2.40. The monoisotopic (exact) mass is 224 g/mol. The molecule has 0 amide bonds. The van der Waals surface area contributed by atoms with Crippen LogP contribution in [0.5, 0.6) is 11.5 Å². The molecule has 0 aliphatic carbocycles. The van der Waals surface area contributed by atoms with Crippen molar-refractivity contribution in [2.24, 2.45) is 0 Å². The highest BCUT2D eigenvalue weighted by molar-refractivity contribution is 6.61. The van der Waals surface area contributed by atoms with Crippen molar-refractivity contribution in [2.75, 3.05) is 14.2 Å². The zero-order chi connectivity index (χ0) is 12.1. The van der Waals surface area contributed by atoms with Gasteiger partial charge in [0.2, 0.25) is 0 Å². The Bertz CT molecular complexity index is 327. The summed E-state index contributed by atoms with van der Waals surface area (Å²) in [5, 5.41) is 18.5. The summed E-state index contributed by atoms with van der Waals surface area (Å²) in [6.07, 6.45) is 1.90. The number of benzene rings is 1. The van der Waals surface area contributed by atoms with Crippen LogP contribution in [0.3, 0.4) is 0 Å². The molecule has 88 valence electrons. The minimum atomic E-state index is -1.60. The lowest BCUT2D eigenvalue weighted by Crippen LogP contribution is -2.32. The number of ether oxygens (including phenoxy) is 2. The first-order chi connectivity index (χ1) is 7.63. The average Bonchev–Trinajstić information content (AvgIpc) is 2.27. The molecular weight excluding hydrogens is 207 g/mol. The van der Waals surface area contributed by atoms with Crippen molar-refractivity contribution in [1.82, 2.24) is 0 Å². The fourth-order valence-corrected chi connectivity index (χ4v) is 1.68. The van der Waals surface area contributed by atoms with Gasteiger partial charge in [0, 0.05) is 0 Å². The van der Waals surface area contributed by atoms with Crippen LogP contribution in [0.1, 0.15) is 18.9 Å². The first kappa shape index (κ1) is 12.9. The summed E-state index contributed by atoms with van der Waals surface area (Å²) in [7, 11) is 1.40. The third-order valence-corrected chi connectivity index (χ3v) is 2.40. The Balaban J connectivity index is 3.25. The predicted octanol–water partition coefficient (Wildman–Crippen LogP) is 0.336. The Labute approximate surface area is 96.0 Å². The first-order valence-electron chi connectivity index (χ1n) is 5.25. The summed E-state index contributed by atoms with van der Waals surface area (Å²) in [4.78, 5) is 0. The minimum absolute atomic E-state index is 0.268. The molecule has 1 aromatic carbocycles. The second-order valence-corrected chi connectivity index (χ2v) is 3.54. The Morgan fingerprint density at radius 1 is 1.12 bits per heavy atom. The van der Waals surface area contributed by atoms with E-state index in [1.165, 1.54) is 14.2 Å². The van der Waals surface area contributed by atoms with Gasteiger partial charge in [0.1, 0.15) is 11.5 Å². The maximum Gasteiger partial charge on any atom is 0.496 e. The summed E-state index contributed by atoms with van der Waals surface area (Å²) in [5.41, 5.74) is 1.32. The van der Waals surface area contributed by atoms with Crippen LogP contribution in [-0.2, 0) is 6.42 Å². The lowest BCUT2D eigenvalue weighted by atomic mass is 9.78. The molecule has 0 unspecified atom stereocenters. The van der Waals surface area contributed by atoms with E-state index in [0.717, 1.165) is 18.4 Å². The standard InChI is InChI=1S/C11H17BO4/c1-4-5-8-6-9(15-2)11(12(13)14)10(7-8)16-3/h6-7,13-14H,4-5H2,1-3H3. The molecule has 1 aromatic rings. The molecule has 0 fully saturated rings. The molecule has 0 bridgehead atoms. The predicted molar refractivity (Wildman–Crippen MR) is 63.4 cm³/mol. The van der Waals surface area contributed by atoms with Gasteiger partial charge in [0.25, 0.3) is 0 Å². The molecule has 0 heterocycles. The van der Waals surface area contributed by atoms with Gasteiger partial charge in [-0.2, -0.15) is 0 Å². The molecule has 0 saturated heterocycles. The van der Waals surface area contributed by atoms with Gasteiger partial charge in [0.05, 0.1) is 19.7 Å². The van der Waals surface area contributed by atoms with Crippen LogP contribution in [0, 0.1) is 0 Å². The smallest absolute Gasteiger partial charge is 0.496 e. The molecule has 0 saturated carbocycles. The number of rotatable bonds is 5. The first-order valence-corrected chi connectivity index (χ1v) is 5.25. The lowest BCUT2D eigenvalue weighted by Gasteiger charge is -2.14. The molecule has 1 rings (SSSR count). The number of hydrogen-bond donors (Lipinski definition) is 2. The van der Waals surface area contributed by atoms with Gasteiger partial charge in [-0.15, -0.1) is 0 Å². The van der Waals surface area contributed by atoms with E-state index in [1.807, 2.05) is 0 Å². The molecule has 16 heavy (non-hydrogen) atoms. The minimum Gasteiger partial charge on any atom is -0.497 e. The molecule has 0 atom stereocenters. The zero-order valence-corrected chi connectivity index (χ0v) is 9.86. The third kappa shape index (κ3) is 2.68. The summed E-state index contributed by atoms with van der Waals surface area (Å²) >= 11 is 0. The molecule has 4 nitrogen and oxygen atoms in total. The SMILES string of the molecule is CCCc1cc(OC)c(B(O)O)c(OC)c1. The summed E-state index contributed by atoms with van der Waals surface area (Å²) in [6.45, 7) is 2.08. The zero-order valence-electron chi connectivity index (χ0n) is 9.86. The van der Waals surface area contributed by atoms with Crippen molar-refractivity contribution in [3.63, 3.8) is 0 Å². The number of methoxy groups -OCH3 is 2. The largest absolute Gasteiger partial charge is 0.497 e. The molecule has 0 spiro atoms. The number of hydrogen-bond acceptors (Lipinski definition) is 4. The van der Waals surface area contributed by atoms with Crippen LogP contribution in [0.4, 0.5) is 0 Å². The second-order valence-electron chi connectivity index (χ2n) is 3.54. The Hall–Kier alpha value is -1.20. The van der Waals surface area contributed by atoms with Crippen LogP contribution in [0.2, 0.25) is 0 Å². The maximum atomic E-state index is 9.26. The lowest BCUT2D eigenvalue weighted by molar-refractivity contribution is 0.384. The van der Waals surface area contributed by atoms with Gasteiger partial charge in [-0.3, -0.25) is 0 Å². The molecule has 5 heteroatoms. The van der Waals surface area contributed by atoms with Crippen molar-refractivity contribution in [1.29, 1.82) is 0 Å². The van der Waals surface area contributed by atoms with E-state index in [1.54, 1.807) is 12.1 Å². The van der Waals surface area contributed by atoms with Crippen LogP contribution >= 0.6 is 0 Å². The van der Waals surface area contributed by atoms with Crippen LogP contribution < -0.4 is 14.9 Å². The fraction of sp³-hybridized carbons (Fsp3) is 0.455. The van der Waals surface area contributed by atoms with Gasteiger partial charge < -0.3 is 19.5 Å². The highest BCUT2D eigenvalue weighted by Gasteiger charge is 2.23. The Morgan fingerprint density at radius 2 is 1.62 bits per heavy atom. The van der Waals surface area contributed by atoms with Crippen LogP contribution in [0.25, 0.3) is 0 Å². The van der Waals surface area contributed by atoms with E-state index >= 15 is 0 Å². The van der Waals surface area contributed by atoms with Gasteiger partial charge in [-0.1, -0.05) is 13.3 Å². The van der Waals surface area contributed by atoms with Crippen molar-refractivity contribution in [2.45, 2.75) is 19.8 Å². The van der Waals surface area contributed by atoms with E-state index in [9.17, 15) is 10.0 Å². The Morgan fingerprint density at radius 3 is 1.94 bits per heavy atom. The van der Waals surface area contributed by atoms with Gasteiger partial charge in [-0.05, 0) is 24.1 Å². The van der Waals surface area contributed by atoms with Crippen molar-refractivity contribution in [3.05, 3.63) is 17.7 Å². The summed E-state index contributed by atoms with van der Waals surface area (Å²) in [6, 6.07) is 3.61. The topological polar surface area (TPSA) is 58.9 Å². The quantitative estimate of drug-likeness (QED) is 0.708. The molecule has 0 aliphatic rings. The van der Waals surface area contributed by atoms with E-state index in [2.05, 4.69) is 6.92 Å². The van der Waals surface area contributed by atoms with Crippen LogP contribution in [-0.4, -0.2) is 31.4 Å². The highest BCUT2D eigenvalue weighted by atomic mass is 16.5. The van der Waals surface area contributed by atoms with Gasteiger partial charge >= 0.3 is 7.12 Å². The highest BCUT2D eigenvalue weighted by Crippen LogP contribution is 2.21. The van der Waals surface area contributed by atoms with Crippen molar-refractivity contribution >= 4 is 12.6 Å². The summed E-state index contributed by atoms with van der Waals surface area (Å²) < 4.78 is 10.3. The maximum absolute atomic E-state index is 9.26. The van der Waals surface area contributed by atoms with E-state index < -0.39 is 7.12 Å². The molecule has 2 N–H and O–H groups in total. The number of aryl methyl sites for hydroxylation is 1. The van der Waals surface area contributed by atoms with Crippen molar-refractivity contribution in [3.8, 4) is 11.5 Å². The average molecular weight is 224 g/mol. The van der Waals surface area contributed by atoms with Gasteiger partial charge in [0.15, 0.2) is 0 Å². The molecule has 0 aromatic heterocycles. The van der Waals surface area contributed by atoms with E-state index in [0.29, 0.717) is 11.5 Å². The second kappa shape index (κ2) is 5.77.